The molecule has 1 aromatic carbocycles. The van der Waals surface area contributed by atoms with Gasteiger partial charge in [-0.1, -0.05) is 19.1 Å². The van der Waals surface area contributed by atoms with Crippen molar-refractivity contribution in [1.29, 1.82) is 0 Å². The van der Waals surface area contributed by atoms with E-state index < -0.39 is 0 Å². The van der Waals surface area contributed by atoms with Crippen molar-refractivity contribution in [2.45, 2.75) is 33.1 Å². The minimum Gasteiger partial charge on any atom is -0.326 e. The molecule has 1 atom stereocenters. The minimum absolute atomic E-state index is 0. The van der Waals surface area contributed by atoms with Crippen molar-refractivity contribution >= 4 is 35.3 Å². The molecule has 0 saturated carbocycles. The molecule has 0 spiro atoms. The Hall–Kier alpha value is -1.43. The van der Waals surface area contributed by atoms with Gasteiger partial charge in [0.2, 0.25) is 5.91 Å². The fraction of sp³-hybridized carbons (Fsp3) is 0.474. The zero-order valence-corrected chi connectivity index (χ0v) is 16.4. The van der Waals surface area contributed by atoms with Crippen LogP contribution in [-0.4, -0.2) is 24.0 Å². The van der Waals surface area contributed by atoms with Crippen LogP contribution < -0.4 is 10.6 Å². The molecule has 6 heteroatoms. The van der Waals surface area contributed by atoms with Crippen LogP contribution >= 0.6 is 23.7 Å². The first kappa shape index (κ1) is 19.9. The third-order valence-corrected chi connectivity index (χ3v) is 5.53. The number of nitrogens with one attached hydrogen (secondary N) is 2. The standard InChI is InChI=1S/C19H25N3OS.ClH/c1-13(15-6-8-20-9-7-15)10-19(23)22-17-5-3-4-16(11-17)18-12-24-14(2)21-18;/h3-5,11-13,15,20H,6-10H2,1-2H3,(H,22,23);1H. The molecule has 136 valence electrons. The quantitative estimate of drug-likeness (QED) is 0.803. The predicted octanol–water partition coefficient (Wildman–Crippen LogP) is 4.50. The average molecular weight is 380 g/mol. The lowest BCUT2D eigenvalue weighted by Crippen LogP contribution is -2.32. The summed E-state index contributed by atoms with van der Waals surface area (Å²) in [5.41, 5.74) is 2.86. The van der Waals surface area contributed by atoms with Gasteiger partial charge in [-0.15, -0.1) is 23.7 Å². The minimum atomic E-state index is 0. The maximum absolute atomic E-state index is 12.4. The van der Waals surface area contributed by atoms with Gasteiger partial charge in [-0.3, -0.25) is 4.79 Å². The lowest BCUT2D eigenvalue weighted by atomic mass is 9.84. The molecule has 2 heterocycles. The van der Waals surface area contributed by atoms with E-state index in [0.29, 0.717) is 18.3 Å². The topological polar surface area (TPSA) is 54.0 Å². The smallest absolute Gasteiger partial charge is 0.224 e. The summed E-state index contributed by atoms with van der Waals surface area (Å²) in [5.74, 6) is 1.19. The Morgan fingerprint density at radius 1 is 1.40 bits per heavy atom. The summed E-state index contributed by atoms with van der Waals surface area (Å²) < 4.78 is 0. The second-order valence-electron chi connectivity index (χ2n) is 6.65. The molecule has 1 aliphatic heterocycles. The maximum Gasteiger partial charge on any atom is 0.224 e. The molecule has 1 amide bonds. The van der Waals surface area contributed by atoms with Crippen LogP contribution in [0.4, 0.5) is 5.69 Å². The van der Waals surface area contributed by atoms with Gasteiger partial charge >= 0.3 is 0 Å². The Morgan fingerprint density at radius 3 is 2.84 bits per heavy atom. The van der Waals surface area contributed by atoms with Crippen LogP contribution in [0, 0.1) is 18.8 Å². The van der Waals surface area contributed by atoms with Crippen LogP contribution in [-0.2, 0) is 4.79 Å². The number of aromatic nitrogens is 1. The van der Waals surface area contributed by atoms with Crippen molar-refractivity contribution in [3.05, 3.63) is 34.7 Å². The summed E-state index contributed by atoms with van der Waals surface area (Å²) in [5, 5.41) is 9.53. The molecule has 0 bridgehead atoms. The maximum atomic E-state index is 12.4. The molecular formula is C19H26ClN3OS. The summed E-state index contributed by atoms with van der Waals surface area (Å²) in [4.78, 5) is 16.9. The predicted molar refractivity (Wildman–Crippen MR) is 108 cm³/mol. The third-order valence-electron chi connectivity index (χ3n) is 4.76. The zero-order valence-electron chi connectivity index (χ0n) is 14.7. The molecule has 1 aliphatic rings. The summed E-state index contributed by atoms with van der Waals surface area (Å²) in [7, 11) is 0. The summed E-state index contributed by atoms with van der Waals surface area (Å²) in [6, 6.07) is 7.94. The van der Waals surface area contributed by atoms with Gasteiger partial charge in [-0.25, -0.2) is 4.98 Å². The highest BCUT2D eigenvalue weighted by molar-refractivity contribution is 7.09. The van der Waals surface area contributed by atoms with Crippen molar-refractivity contribution in [1.82, 2.24) is 10.3 Å². The molecular weight excluding hydrogens is 354 g/mol. The van der Waals surface area contributed by atoms with Gasteiger partial charge in [0.1, 0.15) is 0 Å². The number of nitrogens with zero attached hydrogens (tertiary/aromatic N) is 1. The summed E-state index contributed by atoms with van der Waals surface area (Å²) >= 11 is 1.64. The first-order valence-electron chi connectivity index (χ1n) is 8.65. The number of anilines is 1. The van der Waals surface area contributed by atoms with Crippen LogP contribution in [0.5, 0.6) is 0 Å². The molecule has 1 unspecified atom stereocenters. The van der Waals surface area contributed by atoms with Crippen molar-refractivity contribution in [2.24, 2.45) is 11.8 Å². The molecule has 2 N–H and O–H groups in total. The van der Waals surface area contributed by atoms with Crippen molar-refractivity contribution in [3.8, 4) is 11.3 Å². The second kappa shape index (κ2) is 9.32. The number of aryl methyl sites for hydroxylation is 1. The van der Waals surface area contributed by atoms with E-state index in [9.17, 15) is 4.79 Å². The lowest BCUT2D eigenvalue weighted by Gasteiger charge is -2.27. The molecule has 25 heavy (non-hydrogen) atoms. The number of piperidine rings is 1. The number of hydrogen-bond donors (Lipinski definition) is 2. The Morgan fingerprint density at radius 2 is 2.16 bits per heavy atom. The van der Waals surface area contributed by atoms with Crippen LogP contribution in [0.2, 0.25) is 0 Å². The normalized spacial score (nSPS) is 16.1. The summed E-state index contributed by atoms with van der Waals surface area (Å²) in [6.45, 7) is 6.35. The Bertz CT molecular complexity index is 697. The zero-order chi connectivity index (χ0) is 16.9. The average Bonchev–Trinajstić information content (AvgIpc) is 3.02. The number of amides is 1. The highest BCUT2D eigenvalue weighted by Gasteiger charge is 2.22. The Labute approximate surface area is 159 Å². The number of carbonyl (C=O) groups excluding carboxylic acids is 1. The molecule has 2 aromatic rings. The highest BCUT2D eigenvalue weighted by atomic mass is 35.5. The first-order chi connectivity index (χ1) is 11.6. The van der Waals surface area contributed by atoms with E-state index in [-0.39, 0.29) is 18.3 Å². The van der Waals surface area contributed by atoms with Gasteiger partial charge in [0.25, 0.3) is 0 Å². The molecule has 0 radical (unpaired) electrons. The monoisotopic (exact) mass is 379 g/mol. The van der Waals surface area contributed by atoms with E-state index in [2.05, 4.69) is 27.9 Å². The van der Waals surface area contributed by atoms with E-state index >= 15 is 0 Å². The number of rotatable bonds is 5. The SMILES string of the molecule is Cc1nc(-c2cccc(NC(=O)CC(C)C3CCNCC3)c2)cs1.Cl. The number of benzene rings is 1. The van der Waals surface area contributed by atoms with Gasteiger partial charge in [-0.2, -0.15) is 0 Å². The van der Waals surface area contributed by atoms with E-state index in [0.717, 1.165) is 35.0 Å². The van der Waals surface area contributed by atoms with Crippen molar-refractivity contribution in [3.63, 3.8) is 0 Å². The van der Waals surface area contributed by atoms with E-state index in [4.69, 9.17) is 0 Å². The Kier molecular flexibility index (Phi) is 7.41. The summed E-state index contributed by atoms with van der Waals surface area (Å²) in [6.07, 6.45) is 2.94. The van der Waals surface area contributed by atoms with Crippen molar-refractivity contribution < 1.29 is 4.79 Å². The first-order valence-corrected chi connectivity index (χ1v) is 9.53. The molecule has 1 fully saturated rings. The largest absolute Gasteiger partial charge is 0.326 e. The number of carbonyl (C=O) groups is 1. The van der Waals surface area contributed by atoms with Gasteiger partial charge < -0.3 is 10.6 Å². The fourth-order valence-corrected chi connectivity index (χ4v) is 3.96. The van der Waals surface area contributed by atoms with Gasteiger partial charge in [-0.05, 0) is 56.8 Å². The highest BCUT2D eigenvalue weighted by Crippen LogP contribution is 2.26. The van der Waals surface area contributed by atoms with E-state index in [1.807, 2.05) is 31.2 Å². The van der Waals surface area contributed by atoms with E-state index in [1.165, 1.54) is 12.8 Å². The van der Waals surface area contributed by atoms with Crippen molar-refractivity contribution in [2.75, 3.05) is 18.4 Å². The van der Waals surface area contributed by atoms with Gasteiger partial charge in [0.15, 0.2) is 0 Å². The van der Waals surface area contributed by atoms with Crippen LogP contribution in [0.15, 0.2) is 29.6 Å². The molecule has 3 rings (SSSR count). The number of thiazole rings is 1. The molecule has 4 nitrogen and oxygen atoms in total. The van der Waals surface area contributed by atoms with Crippen LogP contribution in [0.25, 0.3) is 11.3 Å². The molecule has 0 aliphatic carbocycles. The van der Waals surface area contributed by atoms with E-state index in [1.54, 1.807) is 11.3 Å². The molecule has 1 aromatic heterocycles. The third kappa shape index (κ3) is 5.53. The van der Waals surface area contributed by atoms with Gasteiger partial charge in [0, 0.05) is 23.1 Å². The molecule has 1 saturated heterocycles. The Balaban J connectivity index is 0.00000225. The van der Waals surface area contributed by atoms with Crippen LogP contribution in [0.1, 0.15) is 31.2 Å². The fourth-order valence-electron chi connectivity index (χ4n) is 3.34. The number of halogens is 1. The van der Waals surface area contributed by atoms with Gasteiger partial charge in [0.05, 0.1) is 10.7 Å². The number of hydrogen-bond acceptors (Lipinski definition) is 4. The van der Waals surface area contributed by atoms with Crippen LogP contribution in [0.3, 0.4) is 0 Å². The lowest BCUT2D eigenvalue weighted by molar-refractivity contribution is -0.117. The second-order valence-corrected chi connectivity index (χ2v) is 7.71.